The molecule has 0 aliphatic carbocycles. The van der Waals surface area contributed by atoms with E-state index >= 15 is 0 Å². The average molecular weight is 387 g/mol. The molecule has 1 heterocycles. The van der Waals surface area contributed by atoms with E-state index in [-0.39, 0.29) is 10.8 Å². The van der Waals surface area contributed by atoms with Crippen molar-refractivity contribution in [3.63, 3.8) is 0 Å². The molecule has 0 radical (unpaired) electrons. The summed E-state index contributed by atoms with van der Waals surface area (Å²) in [6.07, 6.45) is -0.858. The van der Waals surface area contributed by atoms with Crippen LogP contribution in [0.4, 0.5) is 18.7 Å². The number of hydrogen-bond acceptors (Lipinski definition) is 7. The highest BCUT2D eigenvalue weighted by Gasteiger charge is 2.33. The fraction of sp³-hybridized carbons (Fsp3) is 0.545. The van der Waals surface area contributed by atoms with Crippen molar-refractivity contribution in [2.24, 2.45) is 0 Å². The van der Waals surface area contributed by atoms with Gasteiger partial charge in [0.2, 0.25) is 0 Å². The SMILES string of the molecule is CC(C)(C)OC(=O)Nc1nc([C@@H](NS(=O)(=O)C(F)F)C(=O)O)cs1. The molecule has 1 aromatic heterocycles. The van der Waals surface area contributed by atoms with Crippen molar-refractivity contribution in [2.75, 3.05) is 5.32 Å². The van der Waals surface area contributed by atoms with Crippen LogP contribution >= 0.6 is 11.3 Å². The highest BCUT2D eigenvalue weighted by molar-refractivity contribution is 7.89. The first-order valence-electron chi connectivity index (χ1n) is 6.29. The van der Waals surface area contributed by atoms with Crippen LogP contribution in [0, 0.1) is 0 Å². The maximum absolute atomic E-state index is 12.4. The number of alkyl halides is 2. The minimum absolute atomic E-state index is 0.0817. The first-order valence-corrected chi connectivity index (χ1v) is 8.72. The Labute approximate surface area is 140 Å². The second kappa shape index (κ2) is 7.36. The van der Waals surface area contributed by atoms with Crippen LogP contribution in [0.25, 0.3) is 0 Å². The van der Waals surface area contributed by atoms with Crippen LogP contribution in [-0.4, -0.2) is 41.9 Å². The number of thiazole rings is 1. The number of aliphatic carboxylic acids is 1. The summed E-state index contributed by atoms with van der Waals surface area (Å²) in [5, 5.41) is 12.3. The Balaban J connectivity index is 2.91. The van der Waals surface area contributed by atoms with Gasteiger partial charge in [0.1, 0.15) is 5.60 Å². The molecule has 0 bridgehead atoms. The Hall–Kier alpha value is -1.86. The topological polar surface area (TPSA) is 135 Å². The number of rotatable bonds is 6. The normalized spacial score (nSPS) is 13.6. The summed E-state index contributed by atoms with van der Waals surface area (Å²) >= 11 is 0.775. The molecule has 136 valence electrons. The Bertz CT molecular complexity index is 714. The summed E-state index contributed by atoms with van der Waals surface area (Å²) in [6, 6.07) is -2.02. The van der Waals surface area contributed by atoms with Crippen LogP contribution in [0.15, 0.2) is 5.38 Å². The number of carboxylic acid groups (broad SMARTS) is 1. The van der Waals surface area contributed by atoms with Crippen molar-refractivity contribution in [1.29, 1.82) is 0 Å². The molecule has 1 atom stereocenters. The van der Waals surface area contributed by atoms with Crippen LogP contribution in [0.5, 0.6) is 0 Å². The molecule has 0 saturated carbocycles. The Kier molecular flexibility index (Phi) is 6.19. The van der Waals surface area contributed by atoms with E-state index in [1.165, 1.54) is 4.72 Å². The van der Waals surface area contributed by atoms with Crippen molar-refractivity contribution in [3.05, 3.63) is 11.1 Å². The molecule has 1 rings (SSSR count). The Morgan fingerprint density at radius 1 is 1.38 bits per heavy atom. The summed E-state index contributed by atoms with van der Waals surface area (Å²) in [7, 11) is -5.14. The van der Waals surface area contributed by atoms with Gasteiger partial charge >= 0.3 is 17.8 Å². The zero-order valence-corrected chi connectivity index (χ0v) is 14.4. The first-order chi connectivity index (χ1) is 10.8. The van der Waals surface area contributed by atoms with Gasteiger partial charge in [-0.15, -0.1) is 11.3 Å². The minimum atomic E-state index is -5.14. The molecule has 0 fully saturated rings. The van der Waals surface area contributed by atoms with E-state index in [0.717, 1.165) is 16.7 Å². The molecule has 1 amide bonds. The Morgan fingerprint density at radius 2 is 1.96 bits per heavy atom. The molecule has 0 saturated heterocycles. The number of carbonyl (C=O) groups excluding carboxylic acids is 1. The van der Waals surface area contributed by atoms with Gasteiger partial charge in [-0.1, -0.05) is 0 Å². The van der Waals surface area contributed by atoms with E-state index in [0.29, 0.717) is 0 Å². The van der Waals surface area contributed by atoms with E-state index in [9.17, 15) is 26.8 Å². The number of nitrogens with one attached hydrogen (secondary N) is 2. The van der Waals surface area contributed by atoms with Crippen molar-refractivity contribution in [3.8, 4) is 0 Å². The highest BCUT2D eigenvalue weighted by Crippen LogP contribution is 2.23. The first kappa shape index (κ1) is 20.2. The predicted molar refractivity (Wildman–Crippen MR) is 80.4 cm³/mol. The second-order valence-electron chi connectivity index (χ2n) is 5.40. The molecule has 1 aromatic rings. The van der Waals surface area contributed by atoms with E-state index in [2.05, 4.69) is 10.3 Å². The zero-order valence-electron chi connectivity index (χ0n) is 12.7. The lowest BCUT2D eigenvalue weighted by atomic mass is 10.2. The van der Waals surface area contributed by atoms with Gasteiger partial charge < -0.3 is 9.84 Å². The third-order valence-corrected chi connectivity index (χ3v) is 4.00. The van der Waals surface area contributed by atoms with Crippen molar-refractivity contribution < 1.29 is 36.6 Å². The molecule has 3 N–H and O–H groups in total. The maximum atomic E-state index is 12.4. The third kappa shape index (κ3) is 5.98. The fourth-order valence-electron chi connectivity index (χ4n) is 1.32. The fourth-order valence-corrected chi connectivity index (χ4v) is 2.69. The smallest absolute Gasteiger partial charge is 0.413 e. The van der Waals surface area contributed by atoms with Gasteiger partial charge in [0.15, 0.2) is 11.2 Å². The quantitative estimate of drug-likeness (QED) is 0.677. The number of amides is 1. The summed E-state index contributed by atoms with van der Waals surface area (Å²) in [5.41, 5.74) is -1.14. The molecular formula is C11H15F2N3O6S2. The number of halogens is 2. The van der Waals surface area contributed by atoms with Gasteiger partial charge in [-0.25, -0.2) is 18.2 Å². The van der Waals surface area contributed by atoms with Crippen LogP contribution < -0.4 is 10.0 Å². The summed E-state index contributed by atoms with van der Waals surface area (Å²) in [6.45, 7) is 4.87. The average Bonchev–Trinajstić information content (AvgIpc) is 2.81. The summed E-state index contributed by atoms with van der Waals surface area (Å²) in [5.74, 6) is -5.52. The second-order valence-corrected chi connectivity index (χ2v) is 7.94. The van der Waals surface area contributed by atoms with E-state index < -0.39 is 39.5 Å². The van der Waals surface area contributed by atoms with E-state index in [4.69, 9.17) is 9.84 Å². The largest absolute Gasteiger partial charge is 0.480 e. The molecule has 24 heavy (non-hydrogen) atoms. The molecule has 0 spiro atoms. The number of aromatic nitrogens is 1. The highest BCUT2D eigenvalue weighted by atomic mass is 32.2. The van der Waals surface area contributed by atoms with E-state index in [1.54, 1.807) is 20.8 Å². The number of anilines is 1. The number of hydrogen-bond donors (Lipinski definition) is 3. The predicted octanol–water partition coefficient (Wildman–Crippen LogP) is 1.76. The van der Waals surface area contributed by atoms with Gasteiger partial charge in [-0.3, -0.25) is 10.1 Å². The molecule has 13 heteroatoms. The van der Waals surface area contributed by atoms with Crippen molar-refractivity contribution >= 4 is 38.6 Å². The van der Waals surface area contributed by atoms with Crippen LogP contribution in [0.1, 0.15) is 32.5 Å². The van der Waals surface area contributed by atoms with Gasteiger partial charge in [0, 0.05) is 5.38 Å². The number of sulfonamides is 1. The lowest BCUT2D eigenvalue weighted by Crippen LogP contribution is -2.37. The van der Waals surface area contributed by atoms with Gasteiger partial charge in [-0.2, -0.15) is 13.5 Å². The standard InChI is InChI=1S/C11H15F2N3O6S2/c1-11(2,3)22-10(19)15-9-14-5(4-23-9)6(7(17)18)16-24(20,21)8(12)13/h4,6,8,16H,1-3H3,(H,17,18)(H,14,15,19)/t6-/m1/s1. The van der Waals surface area contributed by atoms with Crippen LogP contribution in [0.3, 0.4) is 0 Å². The monoisotopic (exact) mass is 387 g/mol. The molecule has 0 aliphatic rings. The van der Waals surface area contributed by atoms with Crippen LogP contribution in [0.2, 0.25) is 0 Å². The Morgan fingerprint density at radius 3 is 2.42 bits per heavy atom. The molecule has 0 unspecified atom stereocenters. The minimum Gasteiger partial charge on any atom is -0.480 e. The molecule has 0 aromatic carbocycles. The lowest BCUT2D eigenvalue weighted by molar-refractivity contribution is -0.139. The lowest BCUT2D eigenvalue weighted by Gasteiger charge is -2.18. The zero-order chi connectivity index (χ0) is 18.7. The maximum Gasteiger partial charge on any atom is 0.413 e. The summed E-state index contributed by atoms with van der Waals surface area (Å²) in [4.78, 5) is 26.4. The molecule has 9 nitrogen and oxygen atoms in total. The number of carboxylic acids is 1. The number of nitrogens with zero attached hydrogens (tertiary/aromatic N) is 1. The third-order valence-electron chi connectivity index (χ3n) is 2.19. The van der Waals surface area contributed by atoms with Gasteiger partial charge in [0.05, 0.1) is 5.69 Å². The molecule has 0 aliphatic heterocycles. The van der Waals surface area contributed by atoms with Crippen LogP contribution in [-0.2, 0) is 19.6 Å². The van der Waals surface area contributed by atoms with Crippen molar-refractivity contribution in [1.82, 2.24) is 9.71 Å². The number of carbonyl (C=O) groups is 2. The van der Waals surface area contributed by atoms with E-state index in [1.807, 2.05) is 0 Å². The number of ether oxygens (including phenoxy) is 1. The van der Waals surface area contributed by atoms with Gasteiger partial charge in [-0.05, 0) is 20.8 Å². The van der Waals surface area contributed by atoms with Gasteiger partial charge in [0.25, 0.3) is 10.0 Å². The summed E-state index contributed by atoms with van der Waals surface area (Å²) < 4.78 is 53.2. The van der Waals surface area contributed by atoms with Crippen molar-refractivity contribution in [2.45, 2.75) is 38.2 Å². The molecular weight excluding hydrogens is 372 g/mol.